The molecule has 2 aromatic rings. The molecule has 0 saturated carbocycles. The van der Waals surface area contributed by atoms with Crippen LogP contribution in [-0.4, -0.2) is 51.9 Å². The Morgan fingerprint density at radius 2 is 1.90 bits per heavy atom. The molecule has 0 aliphatic carbocycles. The number of carbonyl (C=O) groups excluding carboxylic acids is 2. The van der Waals surface area contributed by atoms with Crippen LogP contribution >= 0.6 is 12.6 Å². The lowest BCUT2D eigenvalue weighted by Crippen LogP contribution is -2.31. The van der Waals surface area contributed by atoms with Gasteiger partial charge in [0.1, 0.15) is 5.82 Å². The number of likely N-dealkylation sites (tertiary alicyclic amines) is 1. The van der Waals surface area contributed by atoms with E-state index in [0.29, 0.717) is 11.5 Å². The van der Waals surface area contributed by atoms with Crippen molar-refractivity contribution in [2.75, 3.05) is 20.1 Å². The largest absolute Gasteiger partial charge is 0.366 e. The fourth-order valence-electron chi connectivity index (χ4n) is 3.17. The minimum absolute atomic E-state index is 0.397. The summed E-state index contributed by atoms with van der Waals surface area (Å²) in [4.78, 5) is 27.9. The van der Waals surface area contributed by atoms with Crippen molar-refractivity contribution in [1.82, 2.24) is 19.9 Å². The normalized spacial score (nSPS) is 14.9. The lowest BCUT2D eigenvalue weighted by Gasteiger charge is -2.26. The fourth-order valence-corrected chi connectivity index (χ4v) is 3.23. The van der Waals surface area contributed by atoms with Crippen molar-refractivity contribution in [2.45, 2.75) is 33.2 Å². The Bertz CT molecular complexity index is 870. The van der Waals surface area contributed by atoms with Crippen LogP contribution in [0.1, 0.15) is 40.3 Å². The minimum Gasteiger partial charge on any atom is -0.366 e. The number of piperidine rings is 1. The molecule has 8 nitrogen and oxygen atoms in total. The van der Waals surface area contributed by atoms with Gasteiger partial charge in [-0.15, -0.1) is 0 Å². The van der Waals surface area contributed by atoms with Gasteiger partial charge < -0.3 is 15.2 Å². The van der Waals surface area contributed by atoms with Crippen LogP contribution in [0.4, 0.5) is 4.79 Å². The van der Waals surface area contributed by atoms with E-state index in [9.17, 15) is 9.59 Å². The summed E-state index contributed by atoms with van der Waals surface area (Å²) in [7, 11) is 2.11. The van der Waals surface area contributed by atoms with Gasteiger partial charge in [-0.05, 0) is 70.4 Å². The summed E-state index contributed by atoms with van der Waals surface area (Å²) in [6.45, 7) is 6.91. The van der Waals surface area contributed by atoms with E-state index < -0.39 is 11.1 Å². The van der Waals surface area contributed by atoms with Crippen LogP contribution in [0.15, 0.2) is 35.6 Å². The van der Waals surface area contributed by atoms with Crippen molar-refractivity contribution >= 4 is 30.0 Å². The standard InChI is InChI=1S/C13H15N3O.C8H15N3OS/c1-9-7-16(10(2)15-9)8-11-3-5-12(6-4-11)13(14)17;1-11-4-2-7(3-5-11)6-9-10-8(12)13/h3-7H,8H2,1-2H3,(H2,14,17);6-7H,2-5H2,1H3,(H2,10,12,13)/b;9-6+. The van der Waals surface area contributed by atoms with Crippen LogP contribution in [0.5, 0.6) is 0 Å². The number of aromatic nitrogens is 2. The number of amides is 2. The molecule has 3 rings (SSSR count). The predicted octanol–water partition coefficient (Wildman–Crippen LogP) is 2.60. The second-order valence-corrected chi connectivity index (χ2v) is 7.86. The van der Waals surface area contributed by atoms with Gasteiger partial charge in [0.15, 0.2) is 0 Å². The number of nitrogens with two attached hydrogens (primary N) is 1. The lowest BCUT2D eigenvalue weighted by atomic mass is 9.99. The molecule has 1 aromatic heterocycles. The molecule has 1 saturated heterocycles. The minimum atomic E-state index is -0.413. The van der Waals surface area contributed by atoms with E-state index in [2.05, 4.69) is 44.7 Å². The number of nitrogens with one attached hydrogen (secondary N) is 1. The number of aryl methyl sites for hydroxylation is 2. The maximum Gasteiger partial charge on any atom is 0.296 e. The van der Waals surface area contributed by atoms with Gasteiger partial charge >= 0.3 is 0 Å². The van der Waals surface area contributed by atoms with E-state index in [0.717, 1.165) is 49.6 Å². The molecule has 1 aliphatic heterocycles. The number of hydrogen-bond acceptors (Lipinski definition) is 5. The molecule has 3 N–H and O–H groups in total. The Hall–Kier alpha value is -2.65. The van der Waals surface area contributed by atoms with Gasteiger partial charge in [-0.3, -0.25) is 9.59 Å². The predicted molar refractivity (Wildman–Crippen MR) is 122 cm³/mol. The highest BCUT2D eigenvalue weighted by Crippen LogP contribution is 2.13. The molecule has 0 spiro atoms. The van der Waals surface area contributed by atoms with E-state index in [1.165, 1.54) is 0 Å². The zero-order chi connectivity index (χ0) is 22.1. The number of thiol groups is 1. The van der Waals surface area contributed by atoms with Crippen molar-refractivity contribution in [3.63, 3.8) is 0 Å². The van der Waals surface area contributed by atoms with Crippen LogP contribution in [0, 0.1) is 19.8 Å². The monoisotopic (exact) mass is 430 g/mol. The molecule has 2 amide bonds. The van der Waals surface area contributed by atoms with Crippen LogP contribution in [0.2, 0.25) is 0 Å². The average Bonchev–Trinajstić information content (AvgIpc) is 3.01. The number of carbonyl (C=O) groups is 2. The number of primary amides is 1. The summed E-state index contributed by atoms with van der Waals surface area (Å²) in [6, 6.07) is 7.32. The first kappa shape index (κ1) is 23.6. The fraction of sp³-hybridized carbons (Fsp3) is 0.429. The number of benzene rings is 1. The van der Waals surface area contributed by atoms with Gasteiger partial charge in [-0.25, -0.2) is 10.4 Å². The van der Waals surface area contributed by atoms with Crippen LogP contribution in [-0.2, 0) is 6.54 Å². The lowest BCUT2D eigenvalue weighted by molar-refractivity contribution is 0.1000. The maximum atomic E-state index is 10.9. The number of hydrogen-bond donors (Lipinski definition) is 3. The average molecular weight is 431 g/mol. The first-order valence-corrected chi connectivity index (χ1v) is 10.3. The molecule has 162 valence electrons. The van der Waals surface area contributed by atoms with Gasteiger partial charge in [-0.2, -0.15) is 5.10 Å². The molecular weight excluding hydrogens is 400 g/mol. The molecule has 1 aliphatic rings. The van der Waals surface area contributed by atoms with Crippen molar-refractivity contribution in [1.29, 1.82) is 0 Å². The Morgan fingerprint density at radius 3 is 2.40 bits per heavy atom. The molecule has 9 heteroatoms. The van der Waals surface area contributed by atoms with Crippen LogP contribution < -0.4 is 11.2 Å². The summed E-state index contributed by atoms with van der Waals surface area (Å²) in [5.41, 5.74) is 10.1. The van der Waals surface area contributed by atoms with Crippen LogP contribution in [0.3, 0.4) is 0 Å². The van der Waals surface area contributed by atoms with Gasteiger partial charge in [0.25, 0.3) is 5.24 Å². The highest BCUT2D eigenvalue weighted by atomic mass is 32.1. The smallest absolute Gasteiger partial charge is 0.296 e. The van der Waals surface area contributed by atoms with Gasteiger partial charge in [0.05, 0.1) is 5.69 Å². The first-order chi connectivity index (χ1) is 14.2. The first-order valence-electron chi connectivity index (χ1n) is 9.84. The third-order valence-electron chi connectivity index (χ3n) is 4.90. The SMILES string of the molecule is CN1CCC(/C=N/NC(=O)S)CC1.Cc1cn(Cc2ccc(C(N)=O)cc2)c(C)n1. The summed E-state index contributed by atoms with van der Waals surface area (Å²) in [5.74, 6) is 1.09. The Balaban J connectivity index is 0.000000222. The second-order valence-electron chi connectivity index (χ2n) is 7.45. The van der Waals surface area contributed by atoms with Crippen molar-refractivity contribution in [2.24, 2.45) is 16.8 Å². The molecular formula is C21H30N6O2S. The van der Waals surface area contributed by atoms with E-state index in [1.807, 2.05) is 32.2 Å². The Morgan fingerprint density at radius 1 is 1.27 bits per heavy atom. The van der Waals surface area contributed by atoms with Gasteiger partial charge in [0, 0.05) is 24.5 Å². The summed E-state index contributed by atoms with van der Waals surface area (Å²) < 4.78 is 2.08. The summed E-state index contributed by atoms with van der Waals surface area (Å²) in [6.07, 6.45) is 6.04. The highest BCUT2D eigenvalue weighted by Gasteiger charge is 2.14. The second kappa shape index (κ2) is 11.5. The topological polar surface area (TPSA) is 106 Å². The van der Waals surface area contributed by atoms with Gasteiger partial charge in [-0.1, -0.05) is 24.8 Å². The number of hydrazone groups is 1. The zero-order valence-electron chi connectivity index (χ0n) is 17.7. The third-order valence-corrected chi connectivity index (χ3v) is 5.00. The molecule has 0 radical (unpaired) electrons. The van der Waals surface area contributed by atoms with E-state index in [1.54, 1.807) is 18.3 Å². The van der Waals surface area contributed by atoms with Gasteiger partial charge in [0.2, 0.25) is 5.91 Å². The quantitative estimate of drug-likeness (QED) is 0.385. The molecule has 1 fully saturated rings. The van der Waals surface area contributed by atoms with E-state index >= 15 is 0 Å². The molecule has 30 heavy (non-hydrogen) atoms. The molecule has 1 aromatic carbocycles. The molecule has 2 heterocycles. The van der Waals surface area contributed by atoms with E-state index in [4.69, 9.17) is 5.73 Å². The molecule has 0 bridgehead atoms. The number of imidazole rings is 1. The summed E-state index contributed by atoms with van der Waals surface area (Å²) >= 11 is 3.54. The zero-order valence-corrected chi connectivity index (χ0v) is 18.6. The molecule has 0 atom stereocenters. The Kier molecular flexibility index (Phi) is 9.07. The number of nitrogens with zero attached hydrogens (tertiary/aromatic N) is 4. The van der Waals surface area contributed by atoms with E-state index in [-0.39, 0.29) is 0 Å². The van der Waals surface area contributed by atoms with Crippen LogP contribution in [0.25, 0.3) is 0 Å². The van der Waals surface area contributed by atoms with Crippen molar-refractivity contribution < 1.29 is 9.59 Å². The summed E-state index contributed by atoms with van der Waals surface area (Å²) in [5, 5.41) is 3.39. The number of rotatable bonds is 5. The Labute approximate surface area is 182 Å². The maximum absolute atomic E-state index is 10.9. The van der Waals surface area contributed by atoms with Crippen molar-refractivity contribution in [3.05, 3.63) is 53.1 Å². The van der Waals surface area contributed by atoms with Crippen molar-refractivity contribution in [3.8, 4) is 0 Å². The molecule has 0 unspecified atom stereocenters. The highest BCUT2D eigenvalue weighted by molar-refractivity contribution is 7.96. The third kappa shape index (κ3) is 8.00.